The van der Waals surface area contributed by atoms with Gasteiger partial charge in [-0.1, -0.05) is 24.6 Å². The maximum atomic E-state index is 5.92. The summed E-state index contributed by atoms with van der Waals surface area (Å²) in [6.07, 6.45) is 1.00. The molecule has 14 heavy (non-hydrogen) atoms. The number of rotatable bonds is 5. The summed E-state index contributed by atoms with van der Waals surface area (Å²) >= 11 is 5.92. The van der Waals surface area contributed by atoms with E-state index < -0.39 is 0 Å². The first-order valence-electron chi connectivity index (χ1n) is 4.81. The van der Waals surface area contributed by atoms with Crippen LogP contribution in [0.15, 0.2) is 18.2 Å². The van der Waals surface area contributed by atoms with Gasteiger partial charge in [0.1, 0.15) is 5.75 Å². The molecule has 1 N–H and O–H groups in total. The van der Waals surface area contributed by atoms with Crippen molar-refractivity contribution in [3.8, 4) is 5.75 Å². The molecule has 1 rings (SSSR count). The van der Waals surface area contributed by atoms with Crippen LogP contribution in [0, 0.1) is 0 Å². The number of halogens is 1. The molecule has 0 aliphatic carbocycles. The Morgan fingerprint density at radius 3 is 2.86 bits per heavy atom. The van der Waals surface area contributed by atoms with Crippen LogP contribution in [0.4, 0.5) is 0 Å². The number of methoxy groups -OCH3 is 1. The minimum absolute atomic E-state index is 0.666. The molecule has 0 saturated heterocycles. The Balaban J connectivity index is 2.60. The molecule has 2 nitrogen and oxygen atoms in total. The summed E-state index contributed by atoms with van der Waals surface area (Å²) in [4.78, 5) is 0. The number of hydrogen-bond acceptors (Lipinski definition) is 2. The molecule has 0 aromatic heterocycles. The molecular formula is C11H16ClNO. The van der Waals surface area contributed by atoms with Gasteiger partial charge in [-0.05, 0) is 37.2 Å². The number of nitrogens with one attached hydrogen (secondary N) is 1. The fourth-order valence-corrected chi connectivity index (χ4v) is 1.46. The van der Waals surface area contributed by atoms with Crippen molar-refractivity contribution >= 4 is 11.6 Å². The molecule has 0 amide bonds. The molecule has 0 spiro atoms. The molecule has 0 aliphatic rings. The van der Waals surface area contributed by atoms with Crippen LogP contribution in [0.5, 0.6) is 5.75 Å². The van der Waals surface area contributed by atoms with E-state index in [2.05, 4.69) is 12.2 Å². The SMILES string of the molecule is CCNCCc1ccc(Cl)c(OC)c1. The molecular weight excluding hydrogens is 198 g/mol. The van der Waals surface area contributed by atoms with E-state index in [9.17, 15) is 0 Å². The molecule has 0 fully saturated rings. The fraction of sp³-hybridized carbons (Fsp3) is 0.455. The first kappa shape index (κ1) is 11.3. The molecule has 1 aromatic rings. The zero-order valence-electron chi connectivity index (χ0n) is 8.64. The molecule has 0 heterocycles. The highest BCUT2D eigenvalue weighted by molar-refractivity contribution is 6.32. The van der Waals surface area contributed by atoms with Crippen LogP contribution in [0.25, 0.3) is 0 Å². The van der Waals surface area contributed by atoms with Gasteiger partial charge in [0.2, 0.25) is 0 Å². The van der Waals surface area contributed by atoms with Gasteiger partial charge in [-0.25, -0.2) is 0 Å². The quantitative estimate of drug-likeness (QED) is 0.759. The highest BCUT2D eigenvalue weighted by atomic mass is 35.5. The summed E-state index contributed by atoms with van der Waals surface area (Å²) in [6.45, 7) is 4.09. The molecule has 0 saturated carbocycles. The second kappa shape index (κ2) is 5.89. The predicted molar refractivity (Wildman–Crippen MR) is 60.3 cm³/mol. The summed E-state index contributed by atoms with van der Waals surface area (Å²) in [5.41, 5.74) is 1.24. The zero-order chi connectivity index (χ0) is 10.4. The largest absolute Gasteiger partial charge is 0.495 e. The Morgan fingerprint density at radius 1 is 1.43 bits per heavy atom. The van der Waals surface area contributed by atoms with Crippen LogP contribution in [0.1, 0.15) is 12.5 Å². The van der Waals surface area contributed by atoms with Crippen molar-refractivity contribution in [3.63, 3.8) is 0 Å². The number of benzene rings is 1. The standard InChI is InChI=1S/C11H16ClNO/c1-3-13-7-6-9-4-5-10(12)11(8-9)14-2/h4-5,8,13H,3,6-7H2,1-2H3. The lowest BCUT2D eigenvalue weighted by Gasteiger charge is -2.06. The Hall–Kier alpha value is -0.730. The summed E-state index contributed by atoms with van der Waals surface area (Å²) in [5.74, 6) is 0.751. The van der Waals surface area contributed by atoms with E-state index in [0.717, 1.165) is 25.3 Å². The third-order valence-electron chi connectivity index (χ3n) is 2.06. The van der Waals surface area contributed by atoms with Gasteiger partial charge in [-0.3, -0.25) is 0 Å². The number of hydrogen-bond donors (Lipinski definition) is 1. The van der Waals surface area contributed by atoms with Gasteiger partial charge in [-0.15, -0.1) is 0 Å². The maximum absolute atomic E-state index is 5.92. The van der Waals surface area contributed by atoms with E-state index >= 15 is 0 Å². The van der Waals surface area contributed by atoms with Gasteiger partial charge in [0.15, 0.2) is 0 Å². The topological polar surface area (TPSA) is 21.3 Å². The van der Waals surface area contributed by atoms with Crippen LogP contribution in [0.2, 0.25) is 5.02 Å². The van der Waals surface area contributed by atoms with Gasteiger partial charge >= 0.3 is 0 Å². The molecule has 1 aromatic carbocycles. The summed E-state index contributed by atoms with van der Waals surface area (Å²) < 4.78 is 5.14. The van der Waals surface area contributed by atoms with E-state index in [1.807, 2.05) is 18.2 Å². The van der Waals surface area contributed by atoms with Crippen LogP contribution in [0.3, 0.4) is 0 Å². The van der Waals surface area contributed by atoms with Gasteiger partial charge in [-0.2, -0.15) is 0 Å². The van der Waals surface area contributed by atoms with Gasteiger partial charge < -0.3 is 10.1 Å². The van der Waals surface area contributed by atoms with E-state index in [-0.39, 0.29) is 0 Å². The van der Waals surface area contributed by atoms with Gasteiger partial charge in [0.05, 0.1) is 12.1 Å². The van der Waals surface area contributed by atoms with E-state index in [1.165, 1.54) is 5.56 Å². The van der Waals surface area contributed by atoms with Crippen molar-refractivity contribution in [1.82, 2.24) is 5.32 Å². The third-order valence-corrected chi connectivity index (χ3v) is 2.37. The maximum Gasteiger partial charge on any atom is 0.137 e. The van der Waals surface area contributed by atoms with Crippen LogP contribution in [-0.2, 0) is 6.42 Å². The van der Waals surface area contributed by atoms with Crippen LogP contribution < -0.4 is 10.1 Å². The molecule has 0 unspecified atom stereocenters. The minimum atomic E-state index is 0.666. The third kappa shape index (κ3) is 3.20. The first-order valence-corrected chi connectivity index (χ1v) is 5.19. The Morgan fingerprint density at radius 2 is 2.21 bits per heavy atom. The summed E-state index contributed by atoms with van der Waals surface area (Å²) in [6, 6.07) is 5.89. The Kier molecular flexibility index (Phi) is 4.77. The van der Waals surface area contributed by atoms with Crippen LogP contribution >= 0.6 is 11.6 Å². The Labute approximate surface area is 90.2 Å². The summed E-state index contributed by atoms with van der Waals surface area (Å²) in [7, 11) is 1.63. The molecule has 0 radical (unpaired) electrons. The van der Waals surface area contributed by atoms with E-state index in [4.69, 9.17) is 16.3 Å². The normalized spacial score (nSPS) is 10.2. The van der Waals surface area contributed by atoms with Gasteiger partial charge in [0.25, 0.3) is 0 Å². The molecule has 0 atom stereocenters. The lowest BCUT2D eigenvalue weighted by atomic mass is 10.1. The zero-order valence-corrected chi connectivity index (χ0v) is 9.40. The monoisotopic (exact) mass is 213 g/mol. The average molecular weight is 214 g/mol. The van der Waals surface area contributed by atoms with Crippen molar-refractivity contribution in [2.24, 2.45) is 0 Å². The lowest BCUT2D eigenvalue weighted by Crippen LogP contribution is -2.15. The highest BCUT2D eigenvalue weighted by Gasteiger charge is 2.01. The van der Waals surface area contributed by atoms with Crippen molar-refractivity contribution in [2.45, 2.75) is 13.3 Å². The fourth-order valence-electron chi connectivity index (χ4n) is 1.27. The van der Waals surface area contributed by atoms with Crippen molar-refractivity contribution in [2.75, 3.05) is 20.2 Å². The number of ether oxygens (including phenoxy) is 1. The van der Waals surface area contributed by atoms with Crippen molar-refractivity contribution in [1.29, 1.82) is 0 Å². The number of likely N-dealkylation sites (N-methyl/N-ethyl adjacent to an activating group) is 1. The molecule has 3 heteroatoms. The Bertz CT molecular complexity index is 289. The first-order chi connectivity index (χ1) is 6.77. The van der Waals surface area contributed by atoms with E-state index in [1.54, 1.807) is 7.11 Å². The highest BCUT2D eigenvalue weighted by Crippen LogP contribution is 2.24. The minimum Gasteiger partial charge on any atom is -0.495 e. The van der Waals surface area contributed by atoms with Crippen LogP contribution in [-0.4, -0.2) is 20.2 Å². The summed E-state index contributed by atoms with van der Waals surface area (Å²) in [5, 5.41) is 3.94. The predicted octanol–water partition coefficient (Wildman–Crippen LogP) is 2.50. The second-order valence-electron chi connectivity index (χ2n) is 3.07. The lowest BCUT2D eigenvalue weighted by molar-refractivity contribution is 0.414. The average Bonchev–Trinajstić information content (AvgIpc) is 2.21. The molecule has 78 valence electrons. The van der Waals surface area contributed by atoms with Crippen molar-refractivity contribution < 1.29 is 4.74 Å². The van der Waals surface area contributed by atoms with Gasteiger partial charge in [0, 0.05) is 0 Å². The van der Waals surface area contributed by atoms with E-state index in [0.29, 0.717) is 5.02 Å². The second-order valence-corrected chi connectivity index (χ2v) is 3.48. The molecule has 0 bridgehead atoms. The smallest absolute Gasteiger partial charge is 0.137 e. The molecule has 0 aliphatic heterocycles. The van der Waals surface area contributed by atoms with Crippen molar-refractivity contribution in [3.05, 3.63) is 28.8 Å².